The lowest BCUT2D eigenvalue weighted by Gasteiger charge is -2.43. The van der Waals surface area contributed by atoms with Gasteiger partial charge in [0.1, 0.15) is 12.1 Å². The number of aliphatic carboxylic acids is 1. The van der Waals surface area contributed by atoms with Crippen molar-refractivity contribution in [3.63, 3.8) is 0 Å². The molecule has 1 amide bonds. The minimum atomic E-state index is -3.04. The number of nitrogens with two attached hydrogens (primary N) is 1. The molecule has 1 aliphatic heterocycles. The van der Waals surface area contributed by atoms with E-state index in [1.54, 1.807) is 0 Å². The zero-order valence-corrected chi connectivity index (χ0v) is 24.9. The number of carboxylic acids is 1. The molecule has 0 spiro atoms. The molecule has 11 nitrogen and oxygen atoms in total. The number of rotatable bonds is 12. The summed E-state index contributed by atoms with van der Waals surface area (Å²) < 4.78 is 24.1. The van der Waals surface area contributed by atoms with Crippen LogP contribution in [0.4, 0.5) is 0 Å². The summed E-state index contributed by atoms with van der Waals surface area (Å²) in [4.78, 5) is 47.5. The summed E-state index contributed by atoms with van der Waals surface area (Å²) in [5, 5.41) is 14.0. The topological polar surface area (TPSA) is 163 Å². The molecule has 4 N–H and O–H groups in total. The van der Waals surface area contributed by atoms with Crippen LogP contribution in [0.3, 0.4) is 0 Å². The molecule has 222 valence electrons. The summed E-state index contributed by atoms with van der Waals surface area (Å²) >= 11 is 0. The highest BCUT2D eigenvalue weighted by atomic mass is 28.4. The van der Waals surface area contributed by atoms with Crippen molar-refractivity contribution in [1.29, 1.82) is 0 Å². The second-order valence-corrected chi connectivity index (χ2v) is 15.3. The van der Waals surface area contributed by atoms with E-state index in [1.807, 2.05) is 60.7 Å². The zero-order chi connectivity index (χ0) is 30.4. The molecule has 0 bridgehead atoms. The van der Waals surface area contributed by atoms with E-state index in [-0.39, 0.29) is 11.6 Å². The number of hydrogen-bond donors (Lipinski definition) is 3. The fourth-order valence-electron chi connectivity index (χ4n) is 5.24. The van der Waals surface area contributed by atoms with Gasteiger partial charge in [-0.25, -0.2) is 0 Å². The van der Waals surface area contributed by atoms with Crippen LogP contribution in [0.1, 0.15) is 41.0 Å². The Labute approximate surface area is 240 Å². The number of carbonyl (C=O) groups excluding carboxylic acids is 3. The van der Waals surface area contributed by atoms with Crippen molar-refractivity contribution in [2.45, 2.75) is 76.7 Å². The van der Waals surface area contributed by atoms with Crippen molar-refractivity contribution in [3.05, 3.63) is 60.7 Å². The summed E-state index contributed by atoms with van der Waals surface area (Å²) in [6, 6.07) is 18.3. The maximum atomic E-state index is 12.1. The molecule has 3 rings (SSSR count). The molecule has 0 unspecified atom stereocenters. The van der Waals surface area contributed by atoms with E-state index < -0.39 is 69.1 Å². The second kappa shape index (κ2) is 13.4. The number of nitrogens with one attached hydrogen (secondary N) is 1. The number of ether oxygens (including phenoxy) is 3. The van der Waals surface area contributed by atoms with Gasteiger partial charge in [0.15, 0.2) is 18.4 Å². The lowest BCUT2D eigenvalue weighted by Crippen LogP contribution is -2.67. The van der Waals surface area contributed by atoms with Gasteiger partial charge in [0.2, 0.25) is 5.91 Å². The molecule has 0 radical (unpaired) electrons. The van der Waals surface area contributed by atoms with Crippen LogP contribution in [0.15, 0.2) is 60.7 Å². The number of carbonyl (C=O) groups is 4. The zero-order valence-electron chi connectivity index (χ0n) is 23.9. The van der Waals surface area contributed by atoms with Crippen molar-refractivity contribution < 1.29 is 42.9 Å². The number of carboxylic acid groups (broad SMARTS) is 1. The van der Waals surface area contributed by atoms with Gasteiger partial charge >= 0.3 is 17.9 Å². The average molecular weight is 587 g/mol. The molecule has 5 atom stereocenters. The van der Waals surface area contributed by atoms with Gasteiger partial charge in [-0.2, -0.15) is 0 Å². The van der Waals surface area contributed by atoms with Crippen LogP contribution in [0.25, 0.3) is 0 Å². The van der Waals surface area contributed by atoms with E-state index in [1.165, 1.54) is 13.8 Å². The van der Waals surface area contributed by atoms with E-state index in [0.717, 1.165) is 10.4 Å². The molecular weight excluding hydrogens is 548 g/mol. The molecule has 41 heavy (non-hydrogen) atoms. The van der Waals surface area contributed by atoms with Gasteiger partial charge < -0.3 is 29.5 Å². The van der Waals surface area contributed by atoms with Crippen LogP contribution in [0.2, 0.25) is 5.04 Å². The van der Waals surface area contributed by atoms with Crippen LogP contribution in [-0.4, -0.2) is 74.4 Å². The Bertz CT molecular complexity index is 1180. The number of hydrogen-bond acceptors (Lipinski definition) is 9. The molecule has 0 aromatic heterocycles. The first-order chi connectivity index (χ1) is 19.3. The van der Waals surface area contributed by atoms with Gasteiger partial charge in [-0.15, -0.1) is 0 Å². The molecule has 0 aliphatic carbocycles. The molecule has 1 fully saturated rings. The maximum absolute atomic E-state index is 12.1. The summed E-state index contributed by atoms with van der Waals surface area (Å²) in [5.41, 5.74) is 5.23. The van der Waals surface area contributed by atoms with E-state index >= 15 is 0 Å². The van der Waals surface area contributed by atoms with Gasteiger partial charge in [0.25, 0.3) is 8.32 Å². The van der Waals surface area contributed by atoms with Crippen molar-refractivity contribution in [2.24, 2.45) is 5.73 Å². The molecular formula is C29H38N2O9Si. The van der Waals surface area contributed by atoms with Gasteiger partial charge in [-0.3, -0.25) is 24.5 Å². The van der Waals surface area contributed by atoms with Crippen LogP contribution >= 0.6 is 0 Å². The van der Waals surface area contributed by atoms with Gasteiger partial charge in [-0.1, -0.05) is 81.4 Å². The number of esters is 2. The molecule has 2 aromatic carbocycles. The predicted molar refractivity (Wildman–Crippen MR) is 152 cm³/mol. The third-order valence-electron chi connectivity index (χ3n) is 6.86. The molecule has 1 aliphatic rings. The van der Waals surface area contributed by atoms with E-state index in [0.29, 0.717) is 0 Å². The predicted octanol–water partition coefficient (Wildman–Crippen LogP) is 1.07. The Kier molecular flexibility index (Phi) is 10.4. The van der Waals surface area contributed by atoms with Crippen molar-refractivity contribution in [2.75, 3.05) is 6.61 Å². The Morgan fingerprint density at radius 1 is 0.927 bits per heavy atom. The molecule has 1 heterocycles. The van der Waals surface area contributed by atoms with E-state index in [4.69, 9.17) is 24.4 Å². The first-order valence-electron chi connectivity index (χ1n) is 13.3. The highest BCUT2D eigenvalue weighted by Crippen LogP contribution is 2.38. The Balaban J connectivity index is 2.04. The highest BCUT2D eigenvalue weighted by Gasteiger charge is 2.54. The molecule has 12 heteroatoms. The van der Waals surface area contributed by atoms with Gasteiger partial charge in [0.05, 0.1) is 13.0 Å². The summed E-state index contributed by atoms with van der Waals surface area (Å²) in [6.45, 7) is 8.61. The maximum Gasteiger partial charge on any atom is 0.321 e. The highest BCUT2D eigenvalue weighted by molar-refractivity contribution is 6.99. The number of amides is 1. The van der Waals surface area contributed by atoms with Gasteiger partial charge in [-0.05, 0) is 15.4 Å². The minimum Gasteiger partial charge on any atom is -0.480 e. The second-order valence-electron chi connectivity index (χ2n) is 10.9. The normalized spacial score (nSPS) is 21.6. The van der Waals surface area contributed by atoms with E-state index in [9.17, 15) is 24.3 Å². The summed E-state index contributed by atoms with van der Waals surface area (Å²) in [7, 11) is -3.04. The fraction of sp³-hybridized carbons (Fsp3) is 0.448. The largest absolute Gasteiger partial charge is 0.480 e. The summed E-state index contributed by atoms with van der Waals surface area (Å²) in [5.74, 6) is -3.56. The molecule has 0 saturated carbocycles. The van der Waals surface area contributed by atoms with Crippen LogP contribution in [0.5, 0.6) is 0 Å². The quantitative estimate of drug-likeness (QED) is 0.242. The number of primary amides is 1. The van der Waals surface area contributed by atoms with Crippen LogP contribution < -0.4 is 21.4 Å². The SMILES string of the molecule is CC(=O)O[C@@H]1[C@H](OC(C)=O)[C@@H](CO[Si](c2ccccc2)(c2ccccc2)C(C)(C)C)O[C@@H]1N[C@@H](CC(N)=O)C(=O)O. The Morgan fingerprint density at radius 3 is 1.83 bits per heavy atom. The first kappa shape index (κ1) is 31.9. The third kappa shape index (κ3) is 7.58. The molecule has 1 saturated heterocycles. The lowest BCUT2D eigenvalue weighted by atomic mass is 10.1. The van der Waals surface area contributed by atoms with Gasteiger partial charge in [0, 0.05) is 13.8 Å². The lowest BCUT2D eigenvalue weighted by molar-refractivity contribution is -0.165. The van der Waals surface area contributed by atoms with Crippen LogP contribution in [0, 0.1) is 0 Å². The molecule has 2 aromatic rings. The first-order valence-corrected chi connectivity index (χ1v) is 15.2. The standard InChI is InChI=1S/C29H38N2O9Si/c1-18(32)38-25-23(40-27(26(25)39-19(2)33)31-22(28(35)36)16-24(30)34)17-37-41(29(3,4)5,20-12-8-6-9-13-20)21-14-10-7-11-15-21/h6-15,22-23,25-27,31H,16-17H2,1-5H3,(H2,30,34)(H,35,36)/t22-,23+,25+,26+,27-/m0/s1. The Hall–Kier alpha value is -3.58. The fourth-order valence-corrected chi connectivity index (χ4v) is 9.81. The number of benzene rings is 2. The monoisotopic (exact) mass is 586 g/mol. The van der Waals surface area contributed by atoms with Crippen molar-refractivity contribution in [3.8, 4) is 0 Å². The average Bonchev–Trinajstić information content (AvgIpc) is 3.18. The van der Waals surface area contributed by atoms with Crippen molar-refractivity contribution in [1.82, 2.24) is 5.32 Å². The third-order valence-corrected chi connectivity index (χ3v) is 11.9. The van der Waals surface area contributed by atoms with Crippen LogP contribution in [-0.2, 0) is 37.8 Å². The van der Waals surface area contributed by atoms with Crippen molar-refractivity contribution >= 4 is 42.5 Å². The Morgan fingerprint density at radius 2 is 1.41 bits per heavy atom. The smallest absolute Gasteiger partial charge is 0.321 e. The minimum absolute atomic E-state index is 0.0747. The summed E-state index contributed by atoms with van der Waals surface area (Å²) in [6.07, 6.45) is -5.08. The van der Waals surface area contributed by atoms with E-state index in [2.05, 4.69) is 26.1 Å².